The lowest BCUT2D eigenvalue weighted by Crippen LogP contribution is -2.34. The Morgan fingerprint density at radius 2 is 2.45 bits per heavy atom. The molecule has 0 saturated carbocycles. The Morgan fingerprint density at radius 3 is 2.91 bits per heavy atom. The Bertz CT molecular complexity index is 233. The van der Waals surface area contributed by atoms with Crippen molar-refractivity contribution in [3.8, 4) is 0 Å². The smallest absolute Gasteiger partial charge is 0.321 e. The molecule has 0 radical (unpaired) electrons. The second-order valence-corrected chi connectivity index (χ2v) is 2.99. The van der Waals surface area contributed by atoms with E-state index < -0.39 is 0 Å². The summed E-state index contributed by atoms with van der Waals surface area (Å²) in [6.07, 6.45) is 0. The van der Waals surface area contributed by atoms with Gasteiger partial charge in [-0.15, -0.1) is 11.3 Å². The molecule has 3 nitrogen and oxygen atoms in total. The second kappa shape index (κ2) is 3.39. The van der Waals surface area contributed by atoms with E-state index >= 15 is 0 Å². The Labute approximate surface area is 69.6 Å². The molecule has 2 amide bonds. The van der Waals surface area contributed by atoms with Crippen LogP contribution in [-0.4, -0.2) is 20.1 Å². The highest BCUT2D eigenvalue weighted by molar-refractivity contribution is 7.14. The summed E-state index contributed by atoms with van der Waals surface area (Å²) in [6.45, 7) is 0. The molecule has 0 aliphatic heterocycles. The van der Waals surface area contributed by atoms with Gasteiger partial charge in [0.1, 0.15) is 0 Å². The highest BCUT2D eigenvalue weighted by Crippen LogP contribution is 2.19. The van der Waals surface area contributed by atoms with Crippen molar-refractivity contribution in [3.05, 3.63) is 17.5 Å². The molecule has 1 heterocycles. The van der Waals surface area contributed by atoms with Crippen LogP contribution in [0.2, 0.25) is 0 Å². The lowest BCUT2D eigenvalue weighted by atomic mass is 10.6. The number of anilines is 1. The molecular weight excluding hydrogens is 160 g/mol. The Balaban J connectivity index is 2.70. The van der Waals surface area contributed by atoms with Gasteiger partial charge in [-0.3, -0.25) is 4.90 Å². The first kappa shape index (κ1) is 8.07. The van der Waals surface area contributed by atoms with Gasteiger partial charge in [0.2, 0.25) is 0 Å². The van der Waals surface area contributed by atoms with Crippen LogP contribution in [-0.2, 0) is 0 Å². The topological polar surface area (TPSA) is 32.3 Å². The standard InChI is InChI=1S/C7H10N2OS/c1-8-7(10)9(2)6-4-3-5-11-6/h3-5H,1-2H3,(H,8,10). The van der Waals surface area contributed by atoms with Crippen LogP contribution in [0.25, 0.3) is 0 Å². The second-order valence-electron chi connectivity index (χ2n) is 2.07. The van der Waals surface area contributed by atoms with Gasteiger partial charge in [-0.25, -0.2) is 4.79 Å². The van der Waals surface area contributed by atoms with Gasteiger partial charge >= 0.3 is 6.03 Å². The van der Waals surface area contributed by atoms with Crippen LogP contribution in [0.15, 0.2) is 17.5 Å². The Hall–Kier alpha value is -1.03. The van der Waals surface area contributed by atoms with Crippen molar-refractivity contribution in [3.63, 3.8) is 0 Å². The number of nitrogens with zero attached hydrogens (tertiary/aromatic N) is 1. The normalized spacial score (nSPS) is 9.27. The predicted molar refractivity (Wildman–Crippen MR) is 47.2 cm³/mol. The number of hydrogen-bond donors (Lipinski definition) is 1. The highest BCUT2D eigenvalue weighted by Gasteiger charge is 2.07. The van der Waals surface area contributed by atoms with Crippen LogP contribution in [0.3, 0.4) is 0 Å². The molecule has 11 heavy (non-hydrogen) atoms. The van der Waals surface area contributed by atoms with Crippen molar-refractivity contribution in [1.82, 2.24) is 5.32 Å². The summed E-state index contributed by atoms with van der Waals surface area (Å²) < 4.78 is 0. The third-order valence-electron chi connectivity index (χ3n) is 1.36. The van der Waals surface area contributed by atoms with Crippen molar-refractivity contribution < 1.29 is 4.79 Å². The summed E-state index contributed by atoms with van der Waals surface area (Å²) in [4.78, 5) is 12.6. The minimum Gasteiger partial charge on any atom is -0.341 e. The average molecular weight is 170 g/mol. The summed E-state index contributed by atoms with van der Waals surface area (Å²) in [5.74, 6) is 0. The first-order chi connectivity index (χ1) is 5.25. The molecule has 0 aromatic carbocycles. The highest BCUT2D eigenvalue weighted by atomic mass is 32.1. The maximum atomic E-state index is 11.0. The molecule has 0 aliphatic carbocycles. The van der Waals surface area contributed by atoms with Gasteiger partial charge in [0, 0.05) is 14.1 Å². The van der Waals surface area contributed by atoms with E-state index in [0.717, 1.165) is 5.00 Å². The number of hydrogen-bond acceptors (Lipinski definition) is 2. The predicted octanol–water partition coefficient (Wildman–Crippen LogP) is 1.52. The number of urea groups is 1. The number of rotatable bonds is 1. The lowest BCUT2D eigenvalue weighted by Gasteiger charge is -2.13. The molecule has 1 aromatic heterocycles. The van der Waals surface area contributed by atoms with Crippen molar-refractivity contribution in [2.75, 3.05) is 19.0 Å². The maximum Gasteiger partial charge on any atom is 0.321 e. The van der Waals surface area contributed by atoms with E-state index in [2.05, 4.69) is 5.32 Å². The monoisotopic (exact) mass is 170 g/mol. The number of carbonyl (C=O) groups excluding carboxylic acids is 1. The largest absolute Gasteiger partial charge is 0.341 e. The third-order valence-corrected chi connectivity index (χ3v) is 2.30. The molecular formula is C7H10N2OS. The van der Waals surface area contributed by atoms with Crippen LogP contribution >= 0.6 is 11.3 Å². The van der Waals surface area contributed by atoms with E-state index in [0.29, 0.717) is 0 Å². The molecule has 1 N–H and O–H groups in total. The van der Waals surface area contributed by atoms with Crippen LogP contribution < -0.4 is 10.2 Å². The van der Waals surface area contributed by atoms with E-state index in [1.54, 1.807) is 19.0 Å². The van der Waals surface area contributed by atoms with Gasteiger partial charge < -0.3 is 5.32 Å². The van der Waals surface area contributed by atoms with Crippen LogP contribution in [0.1, 0.15) is 0 Å². The number of amides is 2. The van der Waals surface area contributed by atoms with E-state index in [1.165, 1.54) is 11.3 Å². The van der Waals surface area contributed by atoms with Crippen LogP contribution in [0.5, 0.6) is 0 Å². The van der Waals surface area contributed by atoms with Gasteiger partial charge in [-0.05, 0) is 17.5 Å². The minimum absolute atomic E-state index is 0.0903. The van der Waals surface area contributed by atoms with E-state index in [-0.39, 0.29) is 6.03 Å². The lowest BCUT2D eigenvalue weighted by molar-refractivity contribution is 0.249. The molecule has 4 heteroatoms. The van der Waals surface area contributed by atoms with E-state index in [4.69, 9.17) is 0 Å². The van der Waals surface area contributed by atoms with Gasteiger partial charge in [0.25, 0.3) is 0 Å². The number of nitrogens with one attached hydrogen (secondary N) is 1. The fourth-order valence-electron chi connectivity index (χ4n) is 0.729. The molecule has 60 valence electrons. The summed E-state index contributed by atoms with van der Waals surface area (Å²) in [6, 6.07) is 3.73. The molecule has 0 spiro atoms. The molecule has 0 unspecified atom stereocenters. The third kappa shape index (κ3) is 1.71. The first-order valence-corrected chi connectivity index (χ1v) is 4.12. The molecule has 1 aromatic rings. The summed E-state index contributed by atoms with van der Waals surface area (Å²) >= 11 is 1.54. The van der Waals surface area contributed by atoms with E-state index in [9.17, 15) is 4.79 Å². The van der Waals surface area contributed by atoms with Gasteiger partial charge in [-0.2, -0.15) is 0 Å². The van der Waals surface area contributed by atoms with Gasteiger partial charge in [0.15, 0.2) is 0 Å². The molecule has 1 rings (SSSR count). The molecule has 0 saturated heterocycles. The summed E-state index contributed by atoms with van der Waals surface area (Å²) in [5.41, 5.74) is 0. The zero-order valence-electron chi connectivity index (χ0n) is 6.50. The molecule has 0 aliphatic rings. The van der Waals surface area contributed by atoms with Gasteiger partial charge in [0.05, 0.1) is 5.00 Å². The molecule has 0 bridgehead atoms. The van der Waals surface area contributed by atoms with Crippen molar-refractivity contribution >= 4 is 22.4 Å². The van der Waals surface area contributed by atoms with Gasteiger partial charge in [-0.1, -0.05) is 0 Å². The fraction of sp³-hybridized carbons (Fsp3) is 0.286. The summed E-state index contributed by atoms with van der Waals surface area (Å²) in [7, 11) is 3.36. The van der Waals surface area contributed by atoms with Crippen molar-refractivity contribution in [2.24, 2.45) is 0 Å². The zero-order valence-corrected chi connectivity index (χ0v) is 7.31. The van der Waals surface area contributed by atoms with Crippen molar-refractivity contribution in [1.29, 1.82) is 0 Å². The maximum absolute atomic E-state index is 11.0. The quantitative estimate of drug-likeness (QED) is 0.681. The summed E-state index contributed by atoms with van der Waals surface area (Å²) in [5, 5.41) is 5.43. The Kier molecular flexibility index (Phi) is 2.48. The fourth-order valence-corrected chi connectivity index (χ4v) is 1.42. The molecule has 0 atom stereocenters. The SMILES string of the molecule is CNC(=O)N(C)c1cccs1. The first-order valence-electron chi connectivity index (χ1n) is 3.24. The van der Waals surface area contributed by atoms with Crippen LogP contribution in [0.4, 0.5) is 9.80 Å². The Morgan fingerprint density at radius 1 is 1.73 bits per heavy atom. The number of carbonyl (C=O) groups is 1. The number of thiophene rings is 1. The molecule has 0 fully saturated rings. The zero-order chi connectivity index (χ0) is 8.27. The minimum atomic E-state index is -0.0903. The van der Waals surface area contributed by atoms with Crippen molar-refractivity contribution in [2.45, 2.75) is 0 Å². The van der Waals surface area contributed by atoms with E-state index in [1.807, 2.05) is 17.5 Å². The average Bonchev–Trinajstić information content (AvgIpc) is 2.53. The van der Waals surface area contributed by atoms with Crippen LogP contribution in [0, 0.1) is 0 Å².